The van der Waals surface area contributed by atoms with Gasteiger partial charge in [-0.1, -0.05) is 25.6 Å². The first-order valence-electron chi connectivity index (χ1n) is 5.88. The van der Waals surface area contributed by atoms with Crippen LogP contribution >= 0.6 is 11.8 Å². The third kappa shape index (κ3) is 2.77. The second-order valence-corrected chi connectivity index (χ2v) is 6.30. The van der Waals surface area contributed by atoms with E-state index >= 15 is 0 Å². The van der Waals surface area contributed by atoms with Gasteiger partial charge in [0.25, 0.3) is 0 Å². The monoisotopic (exact) mass is 270 g/mol. The van der Waals surface area contributed by atoms with Gasteiger partial charge >= 0.3 is 5.97 Å². The lowest BCUT2D eigenvalue weighted by Crippen LogP contribution is -2.25. The van der Waals surface area contributed by atoms with Gasteiger partial charge in [0.1, 0.15) is 0 Å². The molecule has 0 aromatic carbocycles. The van der Waals surface area contributed by atoms with Gasteiger partial charge in [-0.05, 0) is 11.8 Å². The molecule has 0 spiro atoms. The summed E-state index contributed by atoms with van der Waals surface area (Å²) in [5.41, 5.74) is 0.306. The van der Waals surface area contributed by atoms with Crippen molar-refractivity contribution in [3.8, 4) is 0 Å². The second-order valence-electron chi connectivity index (χ2n) is 5.36. The normalized spacial score (nSPS) is 18.3. The molecule has 0 bridgehead atoms. The lowest BCUT2D eigenvalue weighted by atomic mass is 9.93. The van der Waals surface area contributed by atoms with Gasteiger partial charge in [0, 0.05) is 20.1 Å². The molecule has 1 fully saturated rings. The number of carbonyl (C=O) groups is 1. The van der Waals surface area contributed by atoms with Crippen LogP contribution in [0.4, 0.5) is 5.95 Å². The van der Waals surface area contributed by atoms with E-state index in [0.717, 1.165) is 25.5 Å². The molecule has 100 valence electrons. The summed E-state index contributed by atoms with van der Waals surface area (Å²) in [6.07, 6.45) is 1.14. The van der Waals surface area contributed by atoms with Crippen LogP contribution in [-0.4, -0.2) is 44.7 Å². The SMILES string of the molecule is Cn1c(SCC(=O)O)nnc1N1CCC(C)(C)C1. The highest BCUT2D eigenvalue weighted by Crippen LogP contribution is 2.32. The van der Waals surface area contributed by atoms with Gasteiger partial charge in [-0.3, -0.25) is 9.36 Å². The van der Waals surface area contributed by atoms with E-state index in [-0.39, 0.29) is 5.75 Å². The van der Waals surface area contributed by atoms with Crippen LogP contribution in [0, 0.1) is 5.41 Å². The lowest BCUT2D eigenvalue weighted by molar-refractivity contribution is -0.133. The zero-order valence-electron chi connectivity index (χ0n) is 10.9. The molecule has 2 heterocycles. The molecule has 18 heavy (non-hydrogen) atoms. The minimum Gasteiger partial charge on any atom is -0.481 e. The molecule has 1 N–H and O–H groups in total. The van der Waals surface area contributed by atoms with E-state index in [1.807, 2.05) is 11.6 Å². The fraction of sp³-hybridized carbons (Fsp3) is 0.727. The summed E-state index contributed by atoms with van der Waals surface area (Å²) >= 11 is 1.20. The number of aliphatic carboxylic acids is 1. The summed E-state index contributed by atoms with van der Waals surface area (Å²) in [7, 11) is 1.88. The highest BCUT2D eigenvalue weighted by Gasteiger charge is 2.31. The molecule has 0 radical (unpaired) electrons. The van der Waals surface area contributed by atoms with Crippen LogP contribution in [-0.2, 0) is 11.8 Å². The van der Waals surface area contributed by atoms with Crippen molar-refractivity contribution in [2.45, 2.75) is 25.4 Å². The molecule has 7 heteroatoms. The zero-order chi connectivity index (χ0) is 13.3. The minimum atomic E-state index is -0.841. The Morgan fingerprint density at radius 3 is 2.78 bits per heavy atom. The van der Waals surface area contributed by atoms with Crippen LogP contribution in [0.5, 0.6) is 0 Å². The molecule has 0 aliphatic carbocycles. The van der Waals surface area contributed by atoms with Crippen LogP contribution in [0.2, 0.25) is 0 Å². The lowest BCUT2D eigenvalue weighted by Gasteiger charge is -2.20. The first kappa shape index (κ1) is 13.2. The Hall–Kier alpha value is -1.24. The number of hydrogen-bond acceptors (Lipinski definition) is 5. The fourth-order valence-corrected chi connectivity index (χ4v) is 2.74. The zero-order valence-corrected chi connectivity index (χ0v) is 11.7. The summed E-state index contributed by atoms with van der Waals surface area (Å²) in [6, 6.07) is 0. The Bertz CT molecular complexity index is 458. The molecule has 1 aliphatic heterocycles. The average molecular weight is 270 g/mol. The molecule has 0 amide bonds. The number of aromatic nitrogens is 3. The van der Waals surface area contributed by atoms with Gasteiger partial charge in [0.15, 0.2) is 5.16 Å². The Morgan fingerprint density at radius 2 is 2.22 bits per heavy atom. The third-order valence-corrected chi connectivity index (χ3v) is 4.10. The Kier molecular flexibility index (Phi) is 3.52. The maximum atomic E-state index is 10.5. The molecular formula is C11H18N4O2S. The number of rotatable bonds is 4. The van der Waals surface area contributed by atoms with Crippen molar-refractivity contribution in [1.82, 2.24) is 14.8 Å². The molecule has 1 aromatic heterocycles. The first-order valence-corrected chi connectivity index (χ1v) is 6.86. The van der Waals surface area contributed by atoms with E-state index in [9.17, 15) is 4.79 Å². The van der Waals surface area contributed by atoms with Crippen LogP contribution in [0.15, 0.2) is 5.16 Å². The number of anilines is 1. The standard InChI is InChI=1S/C11H18N4O2S/c1-11(2)4-5-15(7-11)9-12-13-10(14(9)3)18-6-8(16)17/h4-7H2,1-3H3,(H,16,17). The van der Waals surface area contributed by atoms with E-state index < -0.39 is 5.97 Å². The van der Waals surface area contributed by atoms with Crippen molar-refractivity contribution < 1.29 is 9.90 Å². The predicted octanol–water partition coefficient (Wildman–Crippen LogP) is 1.23. The number of hydrogen-bond donors (Lipinski definition) is 1. The maximum Gasteiger partial charge on any atom is 0.313 e. The first-order chi connectivity index (χ1) is 8.39. The van der Waals surface area contributed by atoms with Crippen molar-refractivity contribution in [3.05, 3.63) is 0 Å². The van der Waals surface area contributed by atoms with Gasteiger partial charge < -0.3 is 10.0 Å². The molecule has 0 saturated carbocycles. The van der Waals surface area contributed by atoms with Crippen molar-refractivity contribution >= 4 is 23.7 Å². The summed E-state index contributed by atoms with van der Waals surface area (Å²) in [4.78, 5) is 12.7. The van der Waals surface area contributed by atoms with Crippen molar-refractivity contribution in [1.29, 1.82) is 0 Å². The molecule has 0 unspecified atom stereocenters. The quantitative estimate of drug-likeness (QED) is 0.830. The Morgan fingerprint density at radius 1 is 1.50 bits per heavy atom. The van der Waals surface area contributed by atoms with E-state index in [4.69, 9.17) is 5.11 Å². The Labute approximate surface area is 110 Å². The van der Waals surface area contributed by atoms with Crippen molar-refractivity contribution in [3.63, 3.8) is 0 Å². The van der Waals surface area contributed by atoms with Crippen LogP contribution in [0.3, 0.4) is 0 Å². The van der Waals surface area contributed by atoms with Gasteiger partial charge in [0.05, 0.1) is 5.75 Å². The van der Waals surface area contributed by atoms with E-state index in [1.54, 1.807) is 0 Å². The number of thioether (sulfide) groups is 1. The molecule has 0 atom stereocenters. The minimum absolute atomic E-state index is 0.0114. The fourth-order valence-electron chi connectivity index (χ4n) is 2.12. The molecule has 1 aliphatic rings. The number of nitrogens with zero attached hydrogens (tertiary/aromatic N) is 4. The Balaban J connectivity index is 2.09. The predicted molar refractivity (Wildman–Crippen MR) is 70.0 cm³/mol. The summed E-state index contributed by atoms with van der Waals surface area (Å²) in [5, 5.41) is 17.5. The molecule has 2 rings (SSSR count). The van der Waals surface area contributed by atoms with Gasteiger partial charge in [-0.25, -0.2) is 0 Å². The van der Waals surface area contributed by atoms with Gasteiger partial charge in [-0.15, -0.1) is 10.2 Å². The van der Waals surface area contributed by atoms with Crippen LogP contribution in [0.1, 0.15) is 20.3 Å². The average Bonchev–Trinajstić information content (AvgIpc) is 2.79. The largest absolute Gasteiger partial charge is 0.481 e. The van der Waals surface area contributed by atoms with Gasteiger partial charge in [-0.2, -0.15) is 0 Å². The van der Waals surface area contributed by atoms with E-state index in [0.29, 0.717) is 10.6 Å². The topological polar surface area (TPSA) is 71.2 Å². The summed E-state index contributed by atoms with van der Waals surface area (Å²) in [5.74, 6) is -0.00222. The molecular weight excluding hydrogens is 252 g/mol. The molecule has 1 aromatic rings. The van der Waals surface area contributed by atoms with Crippen LogP contribution in [0.25, 0.3) is 0 Å². The van der Waals surface area contributed by atoms with Crippen molar-refractivity contribution in [2.75, 3.05) is 23.7 Å². The summed E-state index contributed by atoms with van der Waals surface area (Å²) < 4.78 is 1.87. The summed E-state index contributed by atoms with van der Waals surface area (Å²) in [6.45, 7) is 6.41. The molecule has 6 nitrogen and oxygen atoms in total. The van der Waals surface area contributed by atoms with Crippen LogP contribution < -0.4 is 4.90 Å². The van der Waals surface area contributed by atoms with Gasteiger partial charge in [0.2, 0.25) is 5.95 Å². The highest BCUT2D eigenvalue weighted by atomic mass is 32.2. The molecule has 1 saturated heterocycles. The highest BCUT2D eigenvalue weighted by molar-refractivity contribution is 7.99. The smallest absolute Gasteiger partial charge is 0.313 e. The van der Waals surface area contributed by atoms with Crippen molar-refractivity contribution in [2.24, 2.45) is 12.5 Å². The third-order valence-electron chi connectivity index (χ3n) is 3.10. The number of carboxylic acid groups (broad SMARTS) is 1. The maximum absolute atomic E-state index is 10.5. The van der Waals surface area contributed by atoms with E-state index in [1.165, 1.54) is 11.8 Å². The second kappa shape index (κ2) is 4.79. The van der Waals surface area contributed by atoms with E-state index in [2.05, 4.69) is 28.9 Å². The number of carboxylic acids is 1.